The van der Waals surface area contributed by atoms with Gasteiger partial charge in [-0.15, -0.1) is 0 Å². The second kappa shape index (κ2) is 7.99. The number of rotatable bonds is 7. The zero-order valence-electron chi connectivity index (χ0n) is 15.2. The molecule has 8 heteroatoms. The third-order valence-corrected chi connectivity index (χ3v) is 4.47. The summed E-state index contributed by atoms with van der Waals surface area (Å²) in [5.74, 6) is -1.28. The van der Waals surface area contributed by atoms with E-state index in [4.69, 9.17) is 4.74 Å². The molecule has 0 atom stereocenters. The van der Waals surface area contributed by atoms with Crippen molar-refractivity contribution < 1.29 is 24.0 Å². The lowest BCUT2D eigenvalue weighted by Gasteiger charge is -2.13. The number of imide groups is 1. The van der Waals surface area contributed by atoms with E-state index < -0.39 is 10.9 Å². The third-order valence-electron chi connectivity index (χ3n) is 4.47. The summed E-state index contributed by atoms with van der Waals surface area (Å²) in [6.45, 7) is 1.74. The highest BCUT2D eigenvalue weighted by Crippen LogP contribution is 2.24. The molecule has 0 saturated carbocycles. The van der Waals surface area contributed by atoms with Gasteiger partial charge in [0.2, 0.25) is 0 Å². The van der Waals surface area contributed by atoms with Crippen molar-refractivity contribution in [1.29, 1.82) is 0 Å². The number of esters is 1. The summed E-state index contributed by atoms with van der Waals surface area (Å²) in [5, 5.41) is 11.0. The van der Waals surface area contributed by atoms with Gasteiger partial charge in [-0.2, -0.15) is 0 Å². The van der Waals surface area contributed by atoms with Crippen molar-refractivity contribution in [3.63, 3.8) is 0 Å². The molecule has 0 aromatic heterocycles. The van der Waals surface area contributed by atoms with Crippen LogP contribution in [0.25, 0.3) is 0 Å². The minimum absolute atomic E-state index is 0.00688. The van der Waals surface area contributed by atoms with Gasteiger partial charge in [-0.25, -0.2) is 0 Å². The maximum absolute atomic E-state index is 12.4. The molecular formula is C20H18N2O6. The van der Waals surface area contributed by atoms with Crippen LogP contribution in [0.2, 0.25) is 0 Å². The molecule has 2 aromatic carbocycles. The lowest BCUT2D eigenvalue weighted by Crippen LogP contribution is -2.31. The van der Waals surface area contributed by atoms with Crippen LogP contribution in [-0.4, -0.2) is 34.2 Å². The number of ether oxygens (including phenoxy) is 1. The number of hydrogen-bond donors (Lipinski definition) is 0. The first-order valence-corrected chi connectivity index (χ1v) is 8.73. The average Bonchev–Trinajstić information content (AvgIpc) is 2.90. The summed E-state index contributed by atoms with van der Waals surface area (Å²) >= 11 is 0. The summed E-state index contributed by atoms with van der Waals surface area (Å²) in [7, 11) is 0. The minimum atomic E-state index is -0.550. The van der Waals surface area contributed by atoms with Gasteiger partial charge in [-0.05, 0) is 31.5 Å². The van der Waals surface area contributed by atoms with E-state index in [0.717, 1.165) is 10.5 Å². The standard InChI is InChI=1S/C20H18N2O6/c1-13-8-9-15-16(11-13)20(25)21(19(15)24)10-4-7-18(23)28-12-14-5-2-3-6-17(14)22(26)27/h2-3,5-6,8-9,11H,4,7,10,12H2,1H3. The molecule has 2 amide bonds. The van der Waals surface area contributed by atoms with Crippen molar-refractivity contribution in [3.05, 3.63) is 74.8 Å². The predicted octanol–water partition coefficient (Wildman–Crippen LogP) is 3.02. The van der Waals surface area contributed by atoms with Gasteiger partial charge in [0.25, 0.3) is 17.5 Å². The first kappa shape index (κ1) is 19.2. The van der Waals surface area contributed by atoms with Gasteiger partial charge in [-0.3, -0.25) is 29.4 Å². The Morgan fingerprint density at radius 1 is 1.11 bits per heavy atom. The fourth-order valence-corrected chi connectivity index (χ4v) is 3.03. The van der Waals surface area contributed by atoms with Crippen molar-refractivity contribution in [2.75, 3.05) is 6.54 Å². The molecule has 1 aliphatic heterocycles. The van der Waals surface area contributed by atoms with E-state index in [9.17, 15) is 24.5 Å². The number of aryl methyl sites for hydroxylation is 1. The fraction of sp³-hybridized carbons (Fsp3) is 0.250. The number of nitro benzene ring substituents is 1. The van der Waals surface area contributed by atoms with Crippen LogP contribution >= 0.6 is 0 Å². The van der Waals surface area contributed by atoms with Gasteiger partial charge in [0.05, 0.1) is 21.6 Å². The SMILES string of the molecule is Cc1ccc2c(c1)C(=O)N(CCCC(=O)OCc1ccccc1[N+](=O)[O-])C2=O. The number of carbonyl (C=O) groups is 3. The molecule has 8 nitrogen and oxygen atoms in total. The maximum atomic E-state index is 12.4. The Kier molecular flexibility index (Phi) is 5.49. The fourth-order valence-electron chi connectivity index (χ4n) is 3.03. The van der Waals surface area contributed by atoms with Gasteiger partial charge >= 0.3 is 5.97 Å². The third kappa shape index (κ3) is 3.90. The molecular weight excluding hydrogens is 364 g/mol. The second-order valence-corrected chi connectivity index (χ2v) is 6.46. The number of amides is 2. The summed E-state index contributed by atoms with van der Waals surface area (Å²) in [5.41, 5.74) is 1.83. The predicted molar refractivity (Wildman–Crippen MR) is 98.7 cm³/mol. The highest BCUT2D eigenvalue weighted by molar-refractivity contribution is 6.21. The van der Waals surface area contributed by atoms with E-state index in [0.29, 0.717) is 16.7 Å². The van der Waals surface area contributed by atoms with Gasteiger partial charge in [0.1, 0.15) is 6.61 Å². The first-order chi connectivity index (χ1) is 13.4. The molecule has 1 aliphatic rings. The molecule has 0 unspecified atom stereocenters. The zero-order valence-corrected chi connectivity index (χ0v) is 15.2. The summed E-state index contributed by atoms with van der Waals surface area (Å²) in [4.78, 5) is 48.2. The van der Waals surface area contributed by atoms with E-state index in [-0.39, 0.29) is 43.5 Å². The van der Waals surface area contributed by atoms with Crippen LogP contribution in [0.1, 0.15) is 44.7 Å². The molecule has 1 heterocycles. The molecule has 0 aliphatic carbocycles. The Morgan fingerprint density at radius 2 is 1.82 bits per heavy atom. The molecule has 0 saturated heterocycles. The number of nitrogens with zero attached hydrogens (tertiary/aromatic N) is 2. The van der Waals surface area contributed by atoms with Gasteiger partial charge in [0, 0.05) is 19.0 Å². The van der Waals surface area contributed by atoms with Crippen LogP contribution in [0.3, 0.4) is 0 Å². The summed E-state index contributed by atoms with van der Waals surface area (Å²) in [6, 6.07) is 11.1. The van der Waals surface area contributed by atoms with Crippen LogP contribution in [0, 0.1) is 17.0 Å². The van der Waals surface area contributed by atoms with Crippen LogP contribution in [-0.2, 0) is 16.1 Å². The molecule has 0 fully saturated rings. The molecule has 0 N–H and O–H groups in total. The Hall–Kier alpha value is -3.55. The molecule has 28 heavy (non-hydrogen) atoms. The topological polar surface area (TPSA) is 107 Å². The van der Waals surface area contributed by atoms with Crippen molar-refractivity contribution in [2.24, 2.45) is 0 Å². The largest absolute Gasteiger partial charge is 0.461 e. The number of para-hydroxylation sites is 1. The highest BCUT2D eigenvalue weighted by atomic mass is 16.6. The van der Waals surface area contributed by atoms with Crippen LogP contribution < -0.4 is 0 Å². The van der Waals surface area contributed by atoms with Crippen LogP contribution in [0.15, 0.2) is 42.5 Å². The Labute approximate surface area is 160 Å². The van der Waals surface area contributed by atoms with E-state index in [1.54, 1.807) is 24.3 Å². The number of benzene rings is 2. The molecule has 3 rings (SSSR count). The van der Waals surface area contributed by atoms with Gasteiger partial charge in [0.15, 0.2) is 0 Å². The van der Waals surface area contributed by atoms with Gasteiger partial charge < -0.3 is 4.74 Å². The second-order valence-electron chi connectivity index (χ2n) is 6.46. The molecule has 0 radical (unpaired) electrons. The van der Waals surface area contributed by atoms with E-state index in [1.165, 1.54) is 18.2 Å². The lowest BCUT2D eigenvalue weighted by molar-refractivity contribution is -0.385. The molecule has 2 aromatic rings. The molecule has 0 spiro atoms. The van der Waals surface area contributed by atoms with Gasteiger partial charge in [-0.1, -0.05) is 23.8 Å². The number of nitro groups is 1. The van der Waals surface area contributed by atoms with E-state index in [2.05, 4.69) is 0 Å². The minimum Gasteiger partial charge on any atom is -0.461 e. The van der Waals surface area contributed by atoms with Crippen molar-refractivity contribution >= 4 is 23.5 Å². The quantitative estimate of drug-likeness (QED) is 0.315. The number of hydrogen-bond acceptors (Lipinski definition) is 6. The highest BCUT2D eigenvalue weighted by Gasteiger charge is 2.35. The van der Waals surface area contributed by atoms with Crippen molar-refractivity contribution in [3.8, 4) is 0 Å². The Bertz CT molecular complexity index is 969. The van der Waals surface area contributed by atoms with Crippen LogP contribution in [0.5, 0.6) is 0 Å². The lowest BCUT2D eigenvalue weighted by atomic mass is 10.1. The summed E-state index contributed by atoms with van der Waals surface area (Å²) in [6.07, 6.45) is 0.243. The molecule has 0 bridgehead atoms. The van der Waals surface area contributed by atoms with Crippen molar-refractivity contribution in [1.82, 2.24) is 4.90 Å². The average molecular weight is 382 g/mol. The maximum Gasteiger partial charge on any atom is 0.306 e. The monoisotopic (exact) mass is 382 g/mol. The number of fused-ring (bicyclic) bond motifs is 1. The zero-order chi connectivity index (χ0) is 20.3. The smallest absolute Gasteiger partial charge is 0.306 e. The number of carbonyl (C=O) groups excluding carboxylic acids is 3. The first-order valence-electron chi connectivity index (χ1n) is 8.73. The Morgan fingerprint density at radius 3 is 2.57 bits per heavy atom. The van der Waals surface area contributed by atoms with Crippen molar-refractivity contribution in [2.45, 2.75) is 26.4 Å². The molecule has 144 valence electrons. The summed E-state index contributed by atoms with van der Waals surface area (Å²) < 4.78 is 5.08. The van der Waals surface area contributed by atoms with E-state index in [1.807, 2.05) is 6.92 Å². The Balaban J connectivity index is 1.51. The van der Waals surface area contributed by atoms with E-state index >= 15 is 0 Å². The van der Waals surface area contributed by atoms with Crippen LogP contribution in [0.4, 0.5) is 5.69 Å². The normalized spacial score (nSPS) is 12.8.